The Hall–Kier alpha value is -2.87. The van der Waals surface area contributed by atoms with Gasteiger partial charge >= 0.3 is 11.9 Å². The van der Waals surface area contributed by atoms with Crippen molar-refractivity contribution in [3.63, 3.8) is 0 Å². The molecule has 0 heterocycles. The molecule has 0 aliphatic carbocycles. The van der Waals surface area contributed by atoms with Crippen molar-refractivity contribution >= 4 is 47.3 Å². The number of carboxylic acids is 2. The van der Waals surface area contributed by atoms with Crippen LogP contribution in [0.3, 0.4) is 0 Å². The molecule has 0 saturated carbocycles. The molecular weight excluding hydrogens is 446 g/mol. The van der Waals surface area contributed by atoms with Crippen LogP contribution in [0.4, 0.5) is 0 Å². The SMILES string of the molecule is CSCCC(NC(=O)C(CC(=O)O)NC(=O)C(N)C(C)C)C(=O)NC(CC(N)=O)C(=O)O. The van der Waals surface area contributed by atoms with Crippen molar-refractivity contribution in [1.82, 2.24) is 16.0 Å². The molecule has 4 atom stereocenters. The number of thioether (sulfide) groups is 1. The third-order valence-electron chi connectivity index (χ3n) is 4.30. The predicted octanol–water partition coefficient (Wildman–Crippen LogP) is -2.39. The van der Waals surface area contributed by atoms with Crippen LogP contribution in [-0.2, 0) is 28.8 Å². The van der Waals surface area contributed by atoms with Gasteiger partial charge in [-0.1, -0.05) is 13.8 Å². The molecule has 32 heavy (non-hydrogen) atoms. The fourth-order valence-corrected chi connectivity index (χ4v) is 2.88. The van der Waals surface area contributed by atoms with Crippen molar-refractivity contribution < 1.29 is 39.0 Å². The Labute approximate surface area is 189 Å². The van der Waals surface area contributed by atoms with Crippen LogP contribution < -0.4 is 27.4 Å². The number of primary amides is 1. The van der Waals surface area contributed by atoms with Crippen molar-refractivity contribution in [1.29, 1.82) is 0 Å². The third-order valence-corrected chi connectivity index (χ3v) is 4.94. The Kier molecular flexibility index (Phi) is 13.0. The molecule has 4 unspecified atom stereocenters. The molecule has 0 aliphatic heterocycles. The Balaban J connectivity index is 5.51. The standard InChI is InChI=1S/C18H31N5O8S/c1-8(2)14(20)17(29)22-10(7-13(25)26)16(28)21-9(4-5-32-3)15(27)23-11(18(30)31)6-12(19)24/h8-11,14H,4-7,20H2,1-3H3,(H2,19,24)(H,21,28)(H,22,29)(H,23,27)(H,25,26)(H,30,31). The minimum Gasteiger partial charge on any atom is -0.481 e. The summed E-state index contributed by atoms with van der Waals surface area (Å²) in [5.41, 5.74) is 10.7. The normalized spacial score (nSPS) is 14.5. The zero-order valence-corrected chi connectivity index (χ0v) is 18.9. The molecule has 0 bridgehead atoms. The van der Waals surface area contributed by atoms with Crippen molar-refractivity contribution in [2.45, 2.75) is 57.3 Å². The monoisotopic (exact) mass is 477 g/mol. The first kappa shape index (κ1) is 29.1. The van der Waals surface area contributed by atoms with E-state index >= 15 is 0 Å². The van der Waals surface area contributed by atoms with Gasteiger partial charge in [0.15, 0.2) is 0 Å². The van der Waals surface area contributed by atoms with Crippen LogP contribution in [-0.4, -0.2) is 82.0 Å². The van der Waals surface area contributed by atoms with Crippen molar-refractivity contribution in [3.8, 4) is 0 Å². The average Bonchev–Trinajstić information content (AvgIpc) is 2.68. The number of hydrogen-bond acceptors (Lipinski definition) is 8. The van der Waals surface area contributed by atoms with Crippen molar-refractivity contribution in [2.75, 3.05) is 12.0 Å². The van der Waals surface area contributed by atoms with Gasteiger partial charge in [-0.05, 0) is 24.3 Å². The first-order chi connectivity index (χ1) is 14.8. The van der Waals surface area contributed by atoms with Gasteiger partial charge < -0.3 is 37.6 Å². The zero-order chi connectivity index (χ0) is 25.0. The molecule has 0 aliphatic rings. The lowest BCUT2D eigenvalue weighted by atomic mass is 10.0. The van der Waals surface area contributed by atoms with Gasteiger partial charge in [0.05, 0.1) is 18.9 Å². The summed E-state index contributed by atoms with van der Waals surface area (Å²) >= 11 is 1.34. The molecule has 0 aromatic heterocycles. The summed E-state index contributed by atoms with van der Waals surface area (Å²) in [6, 6.07) is -5.36. The Morgan fingerprint density at radius 3 is 1.78 bits per heavy atom. The lowest BCUT2D eigenvalue weighted by Gasteiger charge is -2.25. The highest BCUT2D eigenvalue weighted by atomic mass is 32.2. The summed E-state index contributed by atoms with van der Waals surface area (Å²) in [7, 11) is 0. The molecule has 0 radical (unpaired) electrons. The van der Waals surface area contributed by atoms with Crippen LogP contribution in [0, 0.1) is 5.92 Å². The number of carbonyl (C=O) groups excluding carboxylic acids is 4. The van der Waals surface area contributed by atoms with E-state index in [1.54, 1.807) is 20.1 Å². The first-order valence-electron chi connectivity index (χ1n) is 9.68. The Morgan fingerprint density at radius 2 is 1.34 bits per heavy atom. The van der Waals surface area contributed by atoms with E-state index in [1.807, 2.05) is 0 Å². The maximum atomic E-state index is 12.7. The first-order valence-corrected chi connectivity index (χ1v) is 11.1. The number of carbonyl (C=O) groups is 6. The van der Waals surface area contributed by atoms with Crippen LogP contribution in [0.25, 0.3) is 0 Å². The highest BCUT2D eigenvalue weighted by Crippen LogP contribution is 2.05. The molecule has 0 spiro atoms. The molecule has 0 aromatic rings. The molecule has 0 aromatic carbocycles. The second-order valence-electron chi connectivity index (χ2n) is 7.34. The van der Waals surface area contributed by atoms with Gasteiger partial charge in [0.25, 0.3) is 0 Å². The maximum Gasteiger partial charge on any atom is 0.326 e. The molecule has 4 amide bonds. The second kappa shape index (κ2) is 14.2. The van der Waals surface area contributed by atoms with Crippen LogP contribution >= 0.6 is 11.8 Å². The van der Waals surface area contributed by atoms with Crippen LogP contribution in [0.1, 0.15) is 33.1 Å². The number of carboxylic acid groups (broad SMARTS) is 2. The van der Waals surface area contributed by atoms with Gasteiger partial charge in [0.1, 0.15) is 18.1 Å². The van der Waals surface area contributed by atoms with E-state index in [9.17, 15) is 28.8 Å². The molecule has 13 nitrogen and oxygen atoms in total. The van der Waals surface area contributed by atoms with E-state index in [0.29, 0.717) is 5.75 Å². The van der Waals surface area contributed by atoms with Gasteiger partial charge in [0.2, 0.25) is 23.6 Å². The minimum absolute atomic E-state index is 0.0703. The highest BCUT2D eigenvalue weighted by Gasteiger charge is 2.32. The summed E-state index contributed by atoms with van der Waals surface area (Å²) in [5.74, 6) is -6.30. The quantitative estimate of drug-likeness (QED) is 0.132. The summed E-state index contributed by atoms with van der Waals surface area (Å²) in [6.07, 6.45) is 0.388. The van der Waals surface area contributed by atoms with Gasteiger partial charge in [-0.25, -0.2) is 4.79 Å². The number of aliphatic carboxylic acids is 2. The van der Waals surface area contributed by atoms with Gasteiger partial charge in [-0.15, -0.1) is 0 Å². The third kappa shape index (κ3) is 10.9. The number of hydrogen-bond donors (Lipinski definition) is 7. The van der Waals surface area contributed by atoms with Gasteiger partial charge in [0, 0.05) is 0 Å². The van der Waals surface area contributed by atoms with E-state index < -0.39 is 72.6 Å². The van der Waals surface area contributed by atoms with Crippen LogP contribution in [0.15, 0.2) is 0 Å². The topological polar surface area (TPSA) is 231 Å². The molecule has 14 heteroatoms. The summed E-state index contributed by atoms with van der Waals surface area (Å²) < 4.78 is 0. The lowest BCUT2D eigenvalue weighted by molar-refractivity contribution is -0.144. The molecule has 182 valence electrons. The molecule has 0 rings (SSSR count). The lowest BCUT2D eigenvalue weighted by Crippen LogP contribution is -2.58. The second-order valence-corrected chi connectivity index (χ2v) is 8.33. The highest BCUT2D eigenvalue weighted by molar-refractivity contribution is 7.98. The van der Waals surface area contributed by atoms with Crippen LogP contribution in [0.2, 0.25) is 0 Å². The summed E-state index contributed by atoms with van der Waals surface area (Å²) in [4.78, 5) is 70.9. The zero-order valence-electron chi connectivity index (χ0n) is 18.1. The van der Waals surface area contributed by atoms with Crippen molar-refractivity contribution in [2.24, 2.45) is 17.4 Å². The molecule has 9 N–H and O–H groups in total. The number of amides is 4. The number of nitrogens with one attached hydrogen (secondary N) is 3. The van der Waals surface area contributed by atoms with E-state index in [1.165, 1.54) is 11.8 Å². The smallest absolute Gasteiger partial charge is 0.326 e. The van der Waals surface area contributed by atoms with E-state index in [0.717, 1.165) is 0 Å². The van der Waals surface area contributed by atoms with Gasteiger partial charge in [-0.3, -0.25) is 24.0 Å². The Morgan fingerprint density at radius 1 is 0.844 bits per heavy atom. The number of rotatable bonds is 15. The fraction of sp³-hybridized carbons (Fsp3) is 0.667. The summed E-state index contributed by atoms with van der Waals surface area (Å²) in [6.45, 7) is 3.34. The molecule has 0 saturated heterocycles. The van der Waals surface area contributed by atoms with Crippen molar-refractivity contribution in [3.05, 3.63) is 0 Å². The predicted molar refractivity (Wildman–Crippen MR) is 115 cm³/mol. The minimum atomic E-state index is -1.60. The van der Waals surface area contributed by atoms with E-state index in [4.69, 9.17) is 21.7 Å². The fourth-order valence-electron chi connectivity index (χ4n) is 2.40. The molecular formula is C18H31N5O8S. The van der Waals surface area contributed by atoms with E-state index in [-0.39, 0.29) is 12.3 Å². The maximum absolute atomic E-state index is 12.7. The van der Waals surface area contributed by atoms with Crippen LogP contribution in [0.5, 0.6) is 0 Å². The summed E-state index contributed by atoms with van der Waals surface area (Å²) in [5, 5.41) is 25.0. The largest absolute Gasteiger partial charge is 0.481 e. The van der Waals surface area contributed by atoms with Gasteiger partial charge in [-0.2, -0.15) is 11.8 Å². The average molecular weight is 478 g/mol. The molecule has 0 fully saturated rings. The Bertz CT molecular complexity index is 717. The van der Waals surface area contributed by atoms with E-state index in [2.05, 4.69) is 16.0 Å². The number of nitrogens with two attached hydrogens (primary N) is 2.